The van der Waals surface area contributed by atoms with Crippen LogP contribution >= 0.6 is 6.19 Å². The first-order valence-electron chi connectivity index (χ1n) is 10.7. The van der Waals surface area contributed by atoms with Crippen molar-refractivity contribution in [2.45, 2.75) is 25.5 Å². The predicted molar refractivity (Wildman–Crippen MR) is 134 cm³/mol. The fraction of sp³-hybridized carbons (Fsp3) is 0.192. The normalized spacial score (nSPS) is 18.0. The number of nitrogens with one attached hydrogen (secondary N) is 1. The highest BCUT2D eigenvalue weighted by molar-refractivity contribution is 8.20. The monoisotopic (exact) mass is 463 g/mol. The lowest BCUT2D eigenvalue weighted by Crippen LogP contribution is -2.35. The number of carbonyl (C=O) groups excluding carboxylic acids is 1. The van der Waals surface area contributed by atoms with Crippen molar-refractivity contribution in [1.29, 1.82) is 0 Å². The summed E-state index contributed by atoms with van der Waals surface area (Å²) in [7, 11) is 0. The van der Waals surface area contributed by atoms with Gasteiger partial charge in [-0.3, -0.25) is 5.09 Å². The van der Waals surface area contributed by atoms with E-state index in [1.807, 2.05) is 54.6 Å². The molecule has 3 aromatic rings. The number of hydrogen-bond acceptors (Lipinski definition) is 4. The van der Waals surface area contributed by atoms with Crippen LogP contribution in [-0.2, 0) is 21.3 Å². The number of para-hydroxylation sites is 1. The summed E-state index contributed by atoms with van der Waals surface area (Å²) in [4.78, 5) is 11.8. The van der Waals surface area contributed by atoms with E-state index in [9.17, 15) is 4.79 Å². The van der Waals surface area contributed by atoms with Gasteiger partial charge in [0.2, 0.25) is 0 Å². The maximum absolute atomic E-state index is 11.8. The van der Waals surface area contributed by atoms with Gasteiger partial charge in [0, 0.05) is 34.7 Å². The molecular formula is C26H26NO3PS. The Morgan fingerprint density at radius 2 is 1.62 bits per heavy atom. The van der Waals surface area contributed by atoms with Crippen molar-refractivity contribution in [3.8, 4) is 5.75 Å². The molecule has 1 aliphatic heterocycles. The molecule has 6 heteroatoms. The molecule has 3 aromatic carbocycles. The van der Waals surface area contributed by atoms with Gasteiger partial charge in [-0.15, -0.1) is 0 Å². The first kappa shape index (κ1) is 22.5. The van der Waals surface area contributed by atoms with Gasteiger partial charge < -0.3 is 9.47 Å². The molecule has 0 saturated carbocycles. The summed E-state index contributed by atoms with van der Waals surface area (Å²) in [5, 5.41) is 6.09. The molecule has 1 aliphatic rings. The molecule has 0 aromatic heterocycles. The number of benzene rings is 3. The molecule has 164 valence electrons. The van der Waals surface area contributed by atoms with Gasteiger partial charge in [0.25, 0.3) is 0 Å². The summed E-state index contributed by atoms with van der Waals surface area (Å²) in [5.74, 6) is 0.440. The first-order chi connectivity index (χ1) is 15.6. The van der Waals surface area contributed by atoms with Crippen molar-refractivity contribution >= 4 is 34.6 Å². The van der Waals surface area contributed by atoms with Crippen molar-refractivity contribution in [1.82, 2.24) is 5.09 Å². The molecule has 4 rings (SSSR count). The number of hydrogen-bond donors (Lipinski definition) is 1. The Morgan fingerprint density at radius 1 is 1.03 bits per heavy atom. The van der Waals surface area contributed by atoms with Gasteiger partial charge in [-0.2, -0.15) is 0 Å². The lowest BCUT2D eigenvalue weighted by atomic mass is 9.97. The lowest BCUT2D eigenvalue weighted by Gasteiger charge is -2.36. The van der Waals surface area contributed by atoms with E-state index >= 15 is 0 Å². The molecule has 0 radical (unpaired) electrons. The van der Waals surface area contributed by atoms with Crippen LogP contribution in [0.5, 0.6) is 5.75 Å². The van der Waals surface area contributed by atoms with Crippen molar-refractivity contribution in [3.05, 3.63) is 103 Å². The maximum atomic E-state index is 11.8. The Hall–Kier alpha value is -2.72. The quantitative estimate of drug-likeness (QED) is 0.314. The highest BCUT2D eigenvalue weighted by Gasteiger charge is 2.32. The molecule has 2 atom stereocenters. The minimum absolute atomic E-state index is 0.0250. The van der Waals surface area contributed by atoms with Gasteiger partial charge >= 0.3 is 5.97 Å². The molecule has 4 nitrogen and oxygen atoms in total. The van der Waals surface area contributed by atoms with Gasteiger partial charge in [0.1, 0.15) is 11.9 Å². The third-order valence-corrected chi connectivity index (χ3v) is 9.66. The molecule has 1 N–H and O–H groups in total. The zero-order valence-electron chi connectivity index (χ0n) is 17.9. The van der Waals surface area contributed by atoms with Gasteiger partial charge in [-0.25, -0.2) is 4.79 Å². The number of esters is 1. The summed E-state index contributed by atoms with van der Waals surface area (Å²) in [6, 6.07) is 28.5. The molecular weight excluding hydrogens is 437 g/mol. The minimum atomic E-state index is -2.31. The largest absolute Gasteiger partial charge is 0.486 e. The Kier molecular flexibility index (Phi) is 7.21. The first-order valence-corrected chi connectivity index (χ1v) is 13.5. The second kappa shape index (κ2) is 10.3. The van der Waals surface area contributed by atoms with Crippen molar-refractivity contribution < 1.29 is 14.3 Å². The Balaban J connectivity index is 1.70. The van der Waals surface area contributed by atoms with Crippen LogP contribution in [0.1, 0.15) is 24.9 Å². The fourth-order valence-corrected chi connectivity index (χ4v) is 7.43. The average Bonchev–Trinajstić information content (AvgIpc) is 2.84. The Morgan fingerprint density at radius 3 is 2.25 bits per heavy atom. The van der Waals surface area contributed by atoms with Crippen LogP contribution in [0.4, 0.5) is 0 Å². The van der Waals surface area contributed by atoms with E-state index in [0.29, 0.717) is 13.0 Å². The van der Waals surface area contributed by atoms with Crippen LogP contribution in [0.25, 0.3) is 0 Å². The van der Waals surface area contributed by atoms with E-state index in [0.717, 1.165) is 21.9 Å². The van der Waals surface area contributed by atoms with Gasteiger partial charge in [0.05, 0.1) is 12.8 Å². The van der Waals surface area contributed by atoms with Crippen LogP contribution < -0.4 is 20.4 Å². The van der Waals surface area contributed by atoms with Crippen molar-refractivity contribution in [2.24, 2.45) is 0 Å². The van der Waals surface area contributed by atoms with E-state index in [1.165, 1.54) is 6.08 Å². The highest BCUT2D eigenvalue weighted by Crippen LogP contribution is 2.46. The minimum Gasteiger partial charge on any atom is -0.486 e. The predicted octanol–water partition coefficient (Wildman–Crippen LogP) is 4.63. The molecule has 0 fully saturated rings. The summed E-state index contributed by atoms with van der Waals surface area (Å²) in [6.07, 6.45) is 1.31. The number of carbonyl (C=O) groups is 1. The molecule has 0 amide bonds. The van der Waals surface area contributed by atoms with E-state index in [4.69, 9.17) is 21.3 Å². The van der Waals surface area contributed by atoms with Gasteiger partial charge in [-0.1, -0.05) is 90.7 Å². The molecule has 1 heterocycles. The molecule has 0 bridgehead atoms. The standard InChI is InChI=1S/C26H26NO3PS/c1-2-29-26(28)18-17-20-19-24(23-15-9-10-16-25(23)30-20)27-31(32,21-11-5-3-6-12-21)22-13-7-4-8-14-22/h3-18,20,24H,2,19H2,1H3,(H,27,32)/b18-17+. The summed E-state index contributed by atoms with van der Waals surface area (Å²) in [5.41, 5.74) is 1.08. The zero-order chi connectivity index (χ0) is 22.4. The summed E-state index contributed by atoms with van der Waals surface area (Å²) < 4.78 is 11.2. The second-order valence-corrected chi connectivity index (χ2v) is 11.7. The van der Waals surface area contributed by atoms with Gasteiger partial charge in [-0.05, 0) is 19.1 Å². The van der Waals surface area contributed by atoms with E-state index in [-0.39, 0.29) is 18.1 Å². The summed E-state index contributed by atoms with van der Waals surface area (Å²) >= 11 is 6.39. The third-order valence-electron chi connectivity index (χ3n) is 5.35. The Labute approximate surface area is 194 Å². The van der Waals surface area contributed by atoms with Crippen LogP contribution in [0.3, 0.4) is 0 Å². The number of ether oxygens (including phenoxy) is 2. The molecule has 2 unspecified atom stereocenters. The van der Waals surface area contributed by atoms with E-state index in [1.54, 1.807) is 13.0 Å². The summed E-state index contributed by atoms with van der Waals surface area (Å²) in [6.45, 7) is 2.14. The van der Waals surface area contributed by atoms with Crippen LogP contribution in [0.2, 0.25) is 0 Å². The SMILES string of the molecule is CCOC(=O)/C=C/C1CC(NP(=S)(c2ccccc2)c2ccccc2)c2ccccc2O1. The second-order valence-electron chi connectivity index (χ2n) is 7.50. The fourth-order valence-electron chi connectivity index (χ4n) is 3.86. The van der Waals surface area contributed by atoms with Gasteiger partial charge in [0.15, 0.2) is 0 Å². The zero-order valence-corrected chi connectivity index (χ0v) is 19.6. The topological polar surface area (TPSA) is 47.6 Å². The van der Waals surface area contributed by atoms with E-state index in [2.05, 4.69) is 35.4 Å². The highest BCUT2D eigenvalue weighted by atomic mass is 32.4. The lowest BCUT2D eigenvalue weighted by molar-refractivity contribution is -0.137. The average molecular weight is 464 g/mol. The third kappa shape index (κ3) is 5.02. The van der Waals surface area contributed by atoms with Crippen molar-refractivity contribution in [2.75, 3.05) is 6.61 Å². The number of rotatable bonds is 7. The van der Waals surface area contributed by atoms with E-state index < -0.39 is 6.19 Å². The van der Waals surface area contributed by atoms with Crippen LogP contribution in [-0.4, -0.2) is 18.7 Å². The number of fused-ring (bicyclic) bond motifs is 1. The molecule has 32 heavy (non-hydrogen) atoms. The molecule has 0 saturated heterocycles. The molecule has 0 spiro atoms. The smallest absolute Gasteiger partial charge is 0.330 e. The molecule has 0 aliphatic carbocycles. The van der Waals surface area contributed by atoms with Crippen LogP contribution in [0.15, 0.2) is 97.1 Å². The van der Waals surface area contributed by atoms with Crippen LogP contribution in [0, 0.1) is 0 Å². The van der Waals surface area contributed by atoms with Crippen molar-refractivity contribution in [3.63, 3.8) is 0 Å². The maximum Gasteiger partial charge on any atom is 0.330 e. The Bertz CT molecular complexity index is 1090.